The minimum atomic E-state index is -0.417. The Bertz CT molecular complexity index is 353. The summed E-state index contributed by atoms with van der Waals surface area (Å²) in [4.78, 5) is 0. The fourth-order valence-corrected chi connectivity index (χ4v) is 0.818. The normalized spacial score (nSPS) is 10.2. The predicted molar refractivity (Wildman–Crippen MR) is 97.9 cm³/mol. The van der Waals surface area contributed by atoms with Gasteiger partial charge in [0, 0.05) is 0 Å². The molecule has 0 saturated heterocycles. The standard InChI is InChI=1S/C7H7.C5H5.3C3H7O.Ti/c1-7-5-3-2-4-6-7;1-2-4-5-3-1;3*1-3(2)4;/h2-6H,1H2;1-3H,4H2;3*3H,1-2H3;/q5*-1;+3. The van der Waals surface area contributed by atoms with E-state index in [2.05, 4.69) is 19.1 Å². The number of allylic oxidation sites excluding steroid dienone is 4. The molecule has 0 saturated carbocycles. The zero-order valence-electron chi connectivity index (χ0n) is 16.5. The van der Waals surface area contributed by atoms with Gasteiger partial charge in [0.25, 0.3) is 0 Å². The molecule has 1 radical (unpaired) electrons. The van der Waals surface area contributed by atoms with Crippen molar-refractivity contribution in [3.8, 4) is 0 Å². The molecular formula is C21H33O3Ti-2. The molecule has 0 N–H and O–H groups in total. The van der Waals surface area contributed by atoms with Gasteiger partial charge >= 0.3 is 21.7 Å². The number of hydrogen-bond acceptors (Lipinski definition) is 3. The van der Waals surface area contributed by atoms with Gasteiger partial charge in [-0.15, -0.1) is 36.9 Å². The summed E-state index contributed by atoms with van der Waals surface area (Å²) >= 11 is 0. The first-order valence-electron chi connectivity index (χ1n) is 8.15. The molecule has 0 aliphatic heterocycles. The maximum absolute atomic E-state index is 9.53. The van der Waals surface area contributed by atoms with E-state index in [1.54, 1.807) is 41.5 Å². The van der Waals surface area contributed by atoms with Crippen molar-refractivity contribution in [2.75, 3.05) is 0 Å². The first kappa shape index (κ1) is 31.9. The minimum absolute atomic E-state index is 0. The van der Waals surface area contributed by atoms with Crippen molar-refractivity contribution in [1.82, 2.24) is 0 Å². The molecule has 0 spiro atoms. The van der Waals surface area contributed by atoms with E-state index in [1.165, 1.54) is 0 Å². The van der Waals surface area contributed by atoms with Crippen LogP contribution in [0.25, 0.3) is 0 Å². The van der Waals surface area contributed by atoms with Crippen molar-refractivity contribution < 1.29 is 37.0 Å². The smallest absolute Gasteiger partial charge is 0.852 e. The first-order valence-corrected chi connectivity index (χ1v) is 8.15. The minimum Gasteiger partial charge on any atom is -0.852 e. The molecule has 2 rings (SSSR count). The van der Waals surface area contributed by atoms with E-state index in [1.807, 2.05) is 42.5 Å². The third-order valence-corrected chi connectivity index (χ3v) is 1.43. The van der Waals surface area contributed by atoms with Crippen LogP contribution in [0.4, 0.5) is 0 Å². The molecule has 4 heteroatoms. The van der Waals surface area contributed by atoms with Gasteiger partial charge in [0.15, 0.2) is 0 Å². The fraction of sp³-hybridized carbons (Fsp3) is 0.476. The number of rotatable bonds is 0. The van der Waals surface area contributed by atoms with E-state index in [0.717, 1.165) is 12.0 Å². The molecule has 1 aliphatic rings. The summed E-state index contributed by atoms with van der Waals surface area (Å²) in [6.45, 7) is 13.4. The second-order valence-corrected chi connectivity index (χ2v) is 5.63. The Hall–Kier alpha value is -0.836. The summed E-state index contributed by atoms with van der Waals surface area (Å²) in [6.07, 6.45) is 8.75. The summed E-state index contributed by atoms with van der Waals surface area (Å²) in [5, 5.41) is 28.6. The molecule has 3 nitrogen and oxygen atoms in total. The molecule has 1 aliphatic carbocycles. The van der Waals surface area contributed by atoms with Gasteiger partial charge in [0.05, 0.1) is 0 Å². The van der Waals surface area contributed by atoms with E-state index in [9.17, 15) is 15.3 Å². The van der Waals surface area contributed by atoms with Gasteiger partial charge in [-0.2, -0.15) is 30.7 Å². The number of benzene rings is 1. The van der Waals surface area contributed by atoms with E-state index in [0.29, 0.717) is 0 Å². The Morgan fingerprint density at radius 1 is 0.840 bits per heavy atom. The topological polar surface area (TPSA) is 69.2 Å². The van der Waals surface area contributed by atoms with Gasteiger partial charge < -0.3 is 15.3 Å². The second kappa shape index (κ2) is 25.4. The van der Waals surface area contributed by atoms with E-state index < -0.39 is 18.3 Å². The van der Waals surface area contributed by atoms with Crippen LogP contribution < -0.4 is 15.3 Å². The van der Waals surface area contributed by atoms with Crippen LogP contribution in [0.5, 0.6) is 0 Å². The van der Waals surface area contributed by atoms with Crippen LogP contribution >= 0.6 is 0 Å². The molecule has 141 valence electrons. The average Bonchev–Trinajstić information content (AvgIpc) is 2.96. The Kier molecular flexibility index (Phi) is 32.4. The predicted octanol–water partition coefficient (Wildman–Crippen LogP) is 2.44. The summed E-state index contributed by atoms with van der Waals surface area (Å²) in [7, 11) is 0. The van der Waals surface area contributed by atoms with E-state index in [4.69, 9.17) is 0 Å². The molecule has 1 aromatic rings. The molecule has 0 aromatic heterocycles. The van der Waals surface area contributed by atoms with Gasteiger partial charge in [0.2, 0.25) is 0 Å². The SMILES string of the molecule is CC(C)[O-].CC(C)[O-].CC(C)[O-].[C-]1=CC=CC1.[CH2-]c1ccccc1.[Ti+3]. The van der Waals surface area contributed by atoms with Crippen LogP contribution in [0.1, 0.15) is 53.5 Å². The Morgan fingerprint density at radius 3 is 1.32 bits per heavy atom. The largest absolute Gasteiger partial charge is 3.00 e. The van der Waals surface area contributed by atoms with Gasteiger partial charge in [-0.3, -0.25) is 6.08 Å². The van der Waals surface area contributed by atoms with Crippen LogP contribution in [0.3, 0.4) is 0 Å². The van der Waals surface area contributed by atoms with Crippen LogP contribution in [0.2, 0.25) is 0 Å². The molecular weight excluding hydrogens is 348 g/mol. The molecule has 0 heterocycles. The van der Waals surface area contributed by atoms with Crippen molar-refractivity contribution in [2.45, 2.75) is 66.3 Å². The fourth-order valence-electron chi connectivity index (χ4n) is 0.818. The molecule has 0 atom stereocenters. The van der Waals surface area contributed by atoms with Crippen molar-refractivity contribution in [3.63, 3.8) is 0 Å². The van der Waals surface area contributed by atoms with Crippen molar-refractivity contribution in [3.05, 3.63) is 67.1 Å². The summed E-state index contributed by atoms with van der Waals surface area (Å²) in [5.41, 5.74) is 1.07. The molecule has 0 amide bonds. The summed E-state index contributed by atoms with van der Waals surface area (Å²) < 4.78 is 0. The Balaban J connectivity index is -0.000000112. The zero-order chi connectivity index (χ0) is 19.4. The molecule has 0 unspecified atom stereocenters. The molecule has 0 fully saturated rings. The van der Waals surface area contributed by atoms with Crippen LogP contribution in [-0.4, -0.2) is 18.3 Å². The van der Waals surface area contributed by atoms with Gasteiger partial charge in [-0.25, -0.2) is 12.2 Å². The second-order valence-electron chi connectivity index (χ2n) is 5.63. The first-order chi connectivity index (χ1) is 11.1. The summed E-state index contributed by atoms with van der Waals surface area (Å²) in [6, 6.07) is 9.87. The van der Waals surface area contributed by atoms with Crippen LogP contribution in [-0.2, 0) is 21.7 Å². The third-order valence-electron chi connectivity index (χ3n) is 1.43. The monoisotopic (exact) mass is 381 g/mol. The quantitative estimate of drug-likeness (QED) is 0.512. The maximum atomic E-state index is 9.53. The van der Waals surface area contributed by atoms with Crippen molar-refractivity contribution >= 4 is 0 Å². The maximum Gasteiger partial charge on any atom is 3.00 e. The molecule has 1 aromatic carbocycles. The zero-order valence-corrected chi connectivity index (χ0v) is 18.1. The Labute approximate surface area is 170 Å². The molecule has 0 bridgehead atoms. The number of hydrogen-bond donors (Lipinski definition) is 0. The van der Waals surface area contributed by atoms with E-state index >= 15 is 0 Å². The van der Waals surface area contributed by atoms with Crippen LogP contribution in [0.15, 0.2) is 48.6 Å². The third kappa shape index (κ3) is 70.1. The van der Waals surface area contributed by atoms with Gasteiger partial charge in [-0.1, -0.05) is 47.6 Å². The van der Waals surface area contributed by atoms with Crippen molar-refractivity contribution in [2.24, 2.45) is 0 Å². The van der Waals surface area contributed by atoms with Gasteiger partial charge in [0.1, 0.15) is 0 Å². The van der Waals surface area contributed by atoms with E-state index in [-0.39, 0.29) is 21.7 Å². The van der Waals surface area contributed by atoms with Gasteiger partial charge in [-0.05, 0) is 0 Å². The Morgan fingerprint density at radius 2 is 1.20 bits per heavy atom. The summed E-state index contributed by atoms with van der Waals surface area (Å²) in [5.74, 6) is 0. The molecule has 25 heavy (non-hydrogen) atoms. The van der Waals surface area contributed by atoms with Crippen molar-refractivity contribution in [1.29, 1.82) is 0 Å². The average molecular weight is 381 g/mol. The van der Waals surface area contributed by atoms with Crippen LogP contribution in [0, 0.1) is 13.0 Å².